The van der Waals surface area contributed by atoms with E-state index in [1.54, 1.807) is 0 Å². The van der Waals surface area contributed by atoms with Crippen molar-refractivity contribution in [1.29, 1.82) is 0 Å². The molecule has 1 aliphatic heterocycles. The molecule has 2 aromatic rings. The monoisotopic (exact) mass is 343 g/mol. The Bertz CT molecular complexity index is 699. The van der Waals surface area contributed by atoms with Gasteiger partial charge < -0.3 is 14.2 Å². The maximum Gasteiger partial charge on any atom is 0.227 e. The summed E-state index contributed by atoms with van der Waals surface area (Å²) in [5, 5.41) is 3.94. The number of hydrogen-bond acceptors (Lipinski definition) is 5. The molecule has 0 aliphatic carbocycles. The summed E-state index contributed by atoms with van der Waals surface area (Å²) in [6, 6.07) is 10.0. The molecule has 6 heteroatoms. The first kappa shape index (κ1) is 17.6. The van der Waals surface area contributed by atoms with Crippen LogP contribution in [0.4, 0.5) is 0 Å². The van der Waals surface area contributed by atoms with Crippen LogP contribution < -0.4 is 0 Å². The summed E-state index contributed by atoms with van der Waals surface area (Å²) in [5.74, 6) is 1.53. The van der Waals surface area contributed by atoms with E-state index in [1.165, 1.54) is 0 Å². The number of nitrogens with zero attached hydrogens (tertiary/aromatic N) is 3. The van der Waals surface area contributed by atoms with E-state index in [0.717, 1.165) is 5.56 Å². The lowest BCUT2D eigenvalue weighted by atomic mass is 10.1. The van der Waals surface area contributed by atoms with Crippen LogP contribution in [0.1, 0.15) is 56.5 Å². The first-order valence-corrected chi connectivity index (χ1v) is 8.83. The molecule has 1 aliphatic rings. The van der Waals surface area contributed by atoms with Gasteiger partial charge in [-0.15, -0.1) is 0 Å². The molecule has 0 N–H and O–H groups in total. The Labute approximate surface area is 148 Å². The Balaban J connectivity index is 1.59. The number of hydrogen-bond donors (Lipinski definition) is 0. The third-order valence-electron chi connectivity index (χ3n) is 4.34. The molecule has 0 saturated carbocycles. The van der Waals surface area contributed by atoms with Crippen LogP contribution in [0, 0.1) is 0 Å². The van der Waals surface area contributed by atoms with Gasteiger partial charge in [-0.25, -0.2) is 0 Å². The highest BCUT2D eigenvalue weighted by Crippen LogP contribution is 2.25. The normalized spacial score (nSPS) is 20.9. The first-order valence-electron chi connectivity index (χ1n) is 8.83. The quantitative estimate of drug-likeness (QED) is 0.834. The van der Waals surface area contributed by atoms with Crippen molar-refractivity contribution < 1.29 is 14.1 Å². The zero-order chi connectivity index (χ0) is 17.8. The summed E-state index contributed by atoms with van der Waals surface area (Å²) >= 11 is 0. The van der Waals surface area contributed by atoms with Crippen molar-refractivity contribution in [2.24, 2.45) is 0 Å². The molecule has 25 heavy (non-hydrogen) atoms. The fourth-order valence-electron chi connectivity index (χ4n) is 2.98. The van der Waals surface area contributed by atoms with E-state index in [1.807, 2.05) is 56.0 Å². The minimum Gasteiger partial charge on any atom is -0.367 e. The molecule has 1 amide bonds. The zero-order valence-corrected chi connectivity index (χ0v) is 15.0. The standard InChI is InChI=1S/C19H25N3O3/c1-13(2)19-20-17(25-21-19)9-10-18(23)22-11-14(3)24-16(12-22)15-7-5-4-6-8-15/h4-8,13-14,16H,9-12H2,1-3H3. The largest absolute Gasteiger partial charge is 0.367 e. The minimum atomic E-state index is -0.0788. The Morgan fingerprint density at radius 3 is 2.72 bits per heavy atom. The third-order valence-corrected chi connectivity index (χ3v) is 4.34. The highest BCUT2D eigenvalue weighted by atomic mass is 16.5. The third kappa shape index (κ3) is 4.45. The maximum atomic E-state index is 12.6. The van der Waals surface area contributed by atoms with E-state index in [9.17, 15) is 4.79 Å². The average molecular weight is 343 g/mol. The average Bonchev–Trinajstić information content (AvgIpc) is 3.09. The van der Waals surface area contributed by atoms with E-state index in [4.69, 9.17) is 9.26 Å². The zero-order valence-electron chi connectivity index (χ0n) is 15.0. The summed E-state index contributed by atoms with van der Waals surface area (Å²) in [6.45, 7) is 7.22. The summed E-state index contributed by atoms with van der Waals surface area (Å²) in [7, 11) is 0. The summed E-state index contributed by atoms with van der Waals surface area (Å²) in [4.78, 5) is 18.8. The molecule has 0 radical (unpaired) electrons. The van der Waals surface area contributed by atoms with Gasteiger partial charge in [-0.2, -0.15) is 4.98 Å². The topological polar surface area (TPSA) is 68.5 Å². The molecule has 2 heterocycles. The molecule has 2 unspecified atom stereocenters. The molecule has 3 rings (SSSR count). The lowest BCUT2D eigenvalue weighted by Crippen LogP contribution is -2.46. The summed E-state index contributed by atoms with van der Waals surface area (Å²) in [5.41, 5.74) is 1.10. The van der Waals surface area contributed by atoms with E-state index in [2.05, 4.69) is 10.1 Å². The molecule has 134 valence electrons. The number of aromatic nitrogens is 2. The van der Waals surface area contributed by atoms with E-state index in [-0.39, 0.29) is 24.0 Å². The van der Waals surface area contributed by atoms with Gasteiger partial charge in [0.05, 0.1) is 12.6 Å². The van der Waals surface area contributed by atoms with Gasteiger partial charge in [0, 0.05) is 25.3 Å². The molecule has 1 aromatic carbocycles. The molecule has 0 bridgehead atoms. The van der Waals surface area contributed by atoms with Crippen molar-refractivity contribution >= 4 is 5.91 Å². The van der Waals surface area contributed by atoms with Gasteiger partial charge in [0.2, 0.25) is 11.8 Å². The molecular weight excluding hydrogens is 318 g/mol. The lowest BCUT2D eigenvalue weighted by Gasteiger charge is -2.37. The van der Waals surface area contributed by atoms with Crippen LogP contribution in [0.2, 0.25) is 0 Å². The van der Waals surface area contributed by atoms with Crippen LogP contribution >= 0.6 is 0 Å². The fourth-order valence-corrected chi connectivity index (χ4v) is 2.98. The molecule has 6 nitrogen and oxygen atoms in total. The molecule has 0 spiro atoms. The van der Waals surface area contributed by atoms with Gasteiger partial charge >= 0.3 is 0 Å². The molecule has 1 fully saturated rings. The number of aryl methyl sites for hydroxylation is 1. The van der Waals surface area contributed by atoms with Crippen LogP contribution in [-0.2, 0) is 16.0 Å². The minimum absolute atomic E-state index is 0.0128. The Morgan fingerprint density at radius 2 is 2.04 bits per heavy atom. The first-order chi connectivity index (χ1) is 12.0. The second-order valence-corrected chi connectivity index (χ2v) is 6.85. The second kappa shape index (κ2) is 7.78. The Kier molecular flexibility index (Phi) is 5.48. The Hall–Kier alpha value is -2.21. The van der Waals surface area contributed by atoms with Crippen molar-refractivity contribution in [2.75, 3.05) is 13.1 Å². The number of ether oxygens (including phenoxy) is 1. The van der Waals surface area contributed by atoms with Crippen molar-refractivity contribution in [3.8, 4) is 0 Å². The van der Waals surface area contributed by atoms with Crippen molar-refractivity contribution in [2.45, 2.75) is 51.7 Å². The number of amides is 1. The summed E-state index contributed by atoms with van der Waals surface area (Å²) in [6.07, 6.45) is 0.776. The second-order valence-electron chi connectivity index (χ2n) is 6.85. The number of rotatable bonds is 5. The van der Waals surface area contributed by atoms with Crippen LogP contribution in [0.15, 0.2) is 34.9 Å². The Morgan fingerprint density at radius 1 is 1.28 bits per heavy atom. The number of carbonyl (C=O) groups excluding carboxylic acids is 1. The molecule has 2 atom stereocenters. The van der Waals surface area contributed by atoms with Crippen LogP contribution in [0.25, 0.3) is 0 Å². The van der Waals surface area contributed by atoms with Crippen molar-refractivity contribution in [3.05, 3.63) is 47.6 Å². The fraction of sp³-hybridized carbons (Fsp3) is 0.526. The molecule has 1 aromatic heterocycles. The predicted octanol–water partition coefficient (Wildman–Crippen LogP) is 3.11. The van der Waals surface area contributed by atoms with E-state index in [0.29, 0.717) is 37.6 Å². The van der Waals surface area contributed by atoms with E-state index >= 15 is 0 Å². The SMILES string of the molecule is CC1CN(C(=O)CCc2nc(C(C)C)no2)CC(c2ccccc2)O1. The van der Waals surface area contributed by atoms with Gasteiger partial charge in [-0.1, -0.05) is 49.3 Å². The number of benzene rings is 1. The van der Waals surface area contributed by atoms with Crippen molar-refractivity contribution in [3.63, 3.8) is 0 Å². The number of carbonyl (C=O) groups is 1. The van der Waals surface area contributed by atoms with Gasteiger partial charge in [0.1, 0.15) is 6.10 Å². The van der Waals surface area contributed by atoms with Gasteiger partial charge in [0.15, 0.2) is 5.82 Å². The van der Waals surface area contributed by atoms with Crippen LogP contribution in [0.3, 0.4) is 0 Å². The lowest BCUT2D eigenvalue weighted by molar-refractivity contribution is -0.144. The summed E-state index contributed by atoms with van der Waals surface area (Å²) < 4.78 is 11.2. The molecular formula is C19H25N3O3. The maximum absolute atomic E-state index is 12.6. The highest BCUT2D eigenvalue weighted by Gasteiger charge is 2.29. The van der Waals surface area contributed by atoms with Crippen molar-refractivity contribution in [1.82, 2.24) is 15.0 Å². The highest BCUT2D eigenvalue weighted by molar-refractivity contribution is 5.76. The van der Waals surface area contributed by atoms with E-state index < -0.39 is 0 Å². The van der Waals surface area contributed by atoms with Gasteiger partial charge in [-0.3, -0.25) is 4.79 Å². The van der Waals surface area contributed by atoms with Gasteiger partial charge in [0.25, 0.3) is 0 Å². The smallest absolute Gasteiger partial charge is 0.227 e. The predicted molar refractivity (Wildman–Crippen MR) is 93.0 cm³/mol. The van der Waals surface area contributed by atoms with Gasteiger partial charge in [-0.05, 0) is 12.5 Å². The molecule has 1 saturated heterocycles. The number of morpholine rings is 1. The van der Waals surface area contributed by atoms with Crippen LogP contribution in [0.5, 0.6) is 0 Å². The van der Waals surface area contributed by atoms with Crippen LogP contribution in [-0.4, -0.2) is 40.1 Å².